The molecule has 0 saturated heterocycles. The summed E-state index contributed by atoms with van der Waals surface area (Å²) in [6.45, 7) is 5.41. The molecule has 16 heavy (non-hydrogen) atoms. The van der Waals surface area contributed by atoms with E-state index in [2.05, 4.69) is 5.32 Å². The molecule has 1 rings (SSSR count). The van der Waals surface area contributed by atoms with Crippen LogP contribution in [-0.4, -0.2) is 27.0 Å². The number of furan rings is 1. The molecule has 1 aromatic rings. The van der Waals surface area contributed by atoms with E-state index in [0.29, 0.717) is 0 Å². The molecule has 0 amide bonds. The largest absolute Gasteiger partial charge is 0.466 e. The Kier molecular flexibility index (Phi) is 3.80. The van der Waals surface area contributed by atoms with Crippen LogP contribution in [0.2, 0.25) is 0 Å². The van der Waals surface area contributed by atoms with Crippen molar-refractivity contribution in [2.75, 3.05) is 13.3 Å². The lowest BCUT2D eigenvalue weighted by atomic mass is 10.1. The van der Waals surface area contributed by atoms with Crippen LogP contribution < -0.4 is 5.32 Å². The van der Waals surface area contributed by atoms with Crippen molar-refractivity contribution in [1.82, 2.24) is 5.32 Å². The lowest BCUT2D eigenvalue weighted by molar-refractivity contribution is 0.485. The maximum atomic E-state index is 11.6. The van der Waals surface area contributed by atoms with Crippen molar-refractivity contribution in [3.05, 3.63) is 23.2 Å². The third-order valence-corrected chi connectivity index (χ3v) is 4.49. The van der Waals surface area contributed by atoms with Gasteiger partial charge in [-0.3, -0.25) is 0 Å². The van der Waals surface area contributed by atoms with Crippen LogP contribution in [-0.2, 0) is 9.84 Å². The predicted octanol–water partition coefficient (Wildman–Crippen LogP) is 1.59. The van der Waals surface area contributed by atoms with E-state index in [9.17, 15) is 8.42 Å². The van der Waals surface area contributed by atoms with E-state index in [0.717, 1.165) is 17.1 Å². The van der Waals surface area contributed by atoms with Gasteiger partial charge in [-0.1, -0.05) is 0 Å². The van der Waals surface area contributed by atoms with E-state index in [-0.39, 0.29) is 6.04 Å². The summed E-state index contributed by atoms with van der Waals surface area (Å²) >= 11 is 0. The summed E-state index contributed by atoms with van der Waals surface area (Å²) < 4.78 is 28.5. The Morgan fingerprint density at radius 3 is 2.25 bits per heavy atom. The monoisotopic (exact) mass is 245 g/mol. The molecule has 0 spiro atoms. The standard InChI is InChI=1S/C11H19NO3S/c1-7-6-10(8(2)15-7)11(12-4)9(3)16(5,13)14/h6,9,11-12H,1-5H3. The van der Waals surface area contributed by atoms with Crippen molar-refractivity contribution < 1.29 is 12.8 Å². The summed E-state index contributed by atoms with van der Waals surface area (Å²) in [4.78, 5) is 0. The number of hydrogen-bond acceptors (Lipinski definition) is 4. The Bertz CT molecular complexity index is 462. The van der Waals surface area contributed by atoms with Crippen LogP contribution in [0.1, 0.15) is 30.0 Å². The number of rotatable bonds is 4. The molecule has 0 aliphatic rings. The molecule has 1 heterocycles. The van der Waals surface area contributed by atoms with Crippen LogP contribution >= 0.6 is 0 Å². The Hall–Kier alpha value is -0.810. The second-order valence-corrected chi connectivity index (χ2v) is 6.57. The number of nitrogens with one attached hydrogen (secondary N) is 1. The van der Waals surface area contributed by atoms with Gasteiger partial charge >= 0.3 is 0 Å². The Labute approximate surface area is 97.0 Å². The summed E-state index contributed by atoms with van der Waals surface area (Å²) in [6, 6.07) is 1.66. The smallest absolute Gasteiger partial charge is 0.151 e. The van der Waals surface area contributed by atoms with Gasteiger partial charge in [0.25, 0.3) is 0 Å². The van der Waals surface area contributed by atoms with E-state index >= 15 is 0 Å². The fourth-order valence-corrected chi connectivity index (χ4v) is 2.63. The van der Waals surface area contributed by atoms with E-state index in [1.54, 1.807) is 14.0 Å². The van der Waals surface area contributed by atoms with E-state index in [1.165, 1.54) is 6.26 Å². The fraction of sp³-hybridized carbons (Fsp3) is 0.636. The molecule has 4 nitrogen and oxygen atoms in total. The number of hydrogen-bond donors (Lipinski definition) is 1. The third kappa shape index (κ3) is 2.65. The van der Waals surface area contributed by atoms with Crippen LogP contribution in [0.3, 0.4) is 0 Å². The van der Waals surface area contributed by atoms with Gasteiger partial charge in [0.15, 0.2) is 9.84 Å². The molecule has 92 valence electrons. The second-order valence-electron chi connectivity index (χ2n) is 4.17. The Morgan fingerprint density at radius 1 is 1.38 bits per heavy atom. The maximum Gasteiger partial charge on any atom is 0.151 e. The van der Waals surface area contributed by atoms with Gasteiger partial charge in [-0.15, -0.1) is 0 Å². The van der Waals surface area contributed by atoms with Gasteiger partial charge in [-0.05, 0) is 33.9 Å². The Morgan fingerprint density at radius 2 is 1.94 bits per heavy atom. The van der Waals surface area contributed by atoms with Gasteiger partial charge in [0.2, 0.25) is 0 Å². The zero-order valence-corrected chi connectivity index (χ0v) is 11.2. The highest BCUT2D eigenvalue weighted by atomic mass is 32.2. The van der Waals surface area contributed by atoms with Crippen molar-refractivity contribution in [2.24, 2.45) is 0 Å². The van der Waals surface area contributed by atoms with Gasteiger partial charge in [0.1, 0.15) is 11.5 Å². The summed E-state index contributed by atoms with van der Waals surface area (Å²) in [5.41, 5.74) is 0.915. The molecular weight excluding hydrogens is 226 g/mol. The number of sulfone groups is 1. The Balaban J connectivity index is 3.13. The first-order valence-corrected chi connectivity index (χ1v) is 7.16. The number of aryl methyl sites for hydroxylation is 2. The van der Waals surface area contributed by atoms with Crippen LogP contribution in [0.4, 0.5) is 0 Å². The van der Waals surface area contributed by atoms with Crippen LogP contribution in [0, 0.1) is 13.8 Å². The molecule has 0 aliphatic carbocycles. The quantitative estimate of drug-likeness (QED) is 0.875. The minimum absolute atomic E-state index is 0.229. The molecule has 2 atom stereocenters. The fourth-order valence-electron chi connectivity index (χ4n) is 1.85. The van der Waals surface area contributed by atoms with Crippen LogP contribution in [0.15, 0.2) is 10.5 Å². The van der Waals surface area contributed by atoms with Crippen molar-refractivity contribution in [3.63, 3.8) is 0 Å². The summed E-state index contributed by atoms with van der Waals surface area (Å²) in [5, 5.41) is 2.56. The molecule has 0 saturated carbocycles. The predicted molar refractivity (Wildman–Crippen MR) is 64.3 cm³/mol. The highest BCUT2D eigenvalue weighted by Crippen LogP contribution is 2.26. The lowest BCUT2D eigenvalue weighted by Gasteiger charge is -2.21. The first-order chi connectivity index (χ1) is 7.27. The van der Waals surface area contributed by atoms with Crippen molar-refractivity contribution in [2.45, 2.75) is 32.1 Å². The normalized spacial score (nSPS) is 16.1. The van der Waals surface area contributed by atoms with Crippen LogP contribution in [0.5, 0.6) is 0 Å². The summed E-state index contributed by atoms with van der Waals surface area (Å²) in [7, 11) is -1.32. The van der Waals surface area contributed by atoms with Gasteiger partial charge < -0.3 is 9.73 Å². The molecule has 0 aliphatic heterocycles. The molecule has 1 aromatic heterocycles. The van der Waals surface area contributed by atoms with E-state index in [4.69, 9.17) is 4.42 Å². The van der Waals surface area contributed by atoms with Gasteiger partial charge in [-0.25, -0.2) is 8.42 Å². The van der Waals surface area contributed by atoms with E-state index < -0.39 is 15.1 Å². The highest BCUT2D eigenvalue weighted by molar-refractivity contribution is 7.91. The molecular formula is C11H19NO3S. The van der Waals surface area contributed by atoms with Gasteiger partial charge in [-0.2, -0.15) is 0 Å². The minimum Gasteiger partial charge on any atom is -0.466 e. The van der Waals surface area contributed by atoms with Crippen molar-refractivity contribution in [3.8, 4) is 0 Å². The van der Waals surface area contributed by atoms with Gasteiger partial charge in [0.05, 0.1) is 11.3 Å². The first kappa shape index (κ1) is 13.3. The SMILES string of the molecule is CNC(c1cc(C)oc1C)C(C)S(C)(=O)=O. The average molecular weight is 245 g/mol. The van der Waals surface area contributed by atoms with Gasteiger partial charge in [0, 0.05) is 11.8 Å². The summed E-state index contributed by atoms with van der Waals surface area (Å²) in [6.07, 6.45) is 1.25. The molecule has 0 radical (unpaired) electrons. The molecule has 5 heteroatoms. The van der Waals surface area contributed by atoms with Crippen molar-refractivity contribution >= 4 is 9.84 Å². The van der Waals surface area contributed by atoms with Crippen LogP contribution in [0.25, 0.3) is 0 Å². The summed E-state index contributed by atoms with van der Waals surface area (Å²) in [5.74, 6) is 1.57. The molecule has 0 bridgehead atoms. The van der Waals surface area contributed by atoms with Crippen molar-refractivity contribution in [1.29, 1.82) is 0 Å². The third-order valence-electron chi connectivity index (χ3n) is 2.87. The molecule has 2 unspecified atom stereocenters. The minimum atomic E-state index is -3.07. The molecule has 0 aromatic carbocycles. The molecule has 0 fully saturated rings. The highest BCUT2D eigenvalue weighted by Gasteiger charge is 2.28. The zero-order valence-electron chi connectivity index (χ0n) is 10.4. The van der Waals surface area contributed by atoms with E-state index in [1.807, 2.05) is 19.9 Å². The average Bonchev–Trinajstić information content (AvgIpc) is 2.45. The molecule has 1 N–H and O–H groups in total. The first-order valence-electron chi connectivity index (χ1n) is 5.20. The topological polar surface area (TPSA) is 59.3 Å². The zero-order chi connectivity index (χ0) is 12.5. The lowest BCUT2D eigenvalue weighted by Crippen LogP contribution is -2.33. The second kappa shape index (κ2) is 4.59. The maximum absolute atomic E-state index is 11.6.